The molecule has 156 valence electrons. The van der Waals surface area contributed by atoms with Gasteiger partial charge in [-0.25, -0.2) is 0 Å². The summed E-state index contributed by atoms with van der Waals surface area (Å²) < 4.78 is 5.27. The van der Waals surface area contributed by atoms with Gasteiger partial charge >= 0.3 is 0 Å². The van der Waals surface area contributed by atoms with Crippen LogP contribution in [0.4, 0.5) is 5.69 Å². The third kappa shape index (κ3) is 4.75. The van der Waals surface area contributed by atoms with Crippen LogP contribution < -0.4 is 10.1 Å². The summed E-state index contributed by atoms with van der Waals surface area (Å²) >= 11 is 1.38. The Hall–Kier alpha value is -3.64. The third-order valence-corrected chi connectivity index (χ3v) is 5.86. The summed E-state index contributed by atoms with van der Waals surface area (Å²) in [6, 6.07) is 22.7. The van der Waals surface area contributed by atoms with Crippen LogP contribution in [-0.2, 0) is 6.54 Å². The van der Waals surface area contributed by atoms with E-state index in [0.717, 1.165) is 22.1 Å². The Morgan fingerprint density at radius 1 is 0.968 bits per heavy atom. The lowest BCUT2D eigenvalue weighted by atomic mass is 10.1. The maximum atomic E-state index is 13.0. The van der Waals surface area contributed by atoms with Crippen LogP contribution in [-0.4, -0.2) is 30.9 Å². The first-order valence-electron chi connectivity index (χ1n) is 9.80. The largest absolute Gasteiger partial charge is 0.497 e. The number of anilines is 1. The van der Waals surface area contributed by atoms with Crippen molar-refractivity contribution < 1.29 is 14.3 Å². The number of amides is 2. The first-order valence-corrected chi connectivity index (χ1v) is 10.7. The van der Waals surface area contributed by atoms with Crippen molar-refractivity contribution >= 4 is 39.6 Å². The van der Waals surface area contributed by atoms with E-state index in [1.807, 2.05) is 41.8 Å². The average Bonchev–Trinajstić information content (AvgIpc) is 3.33. The molecule has 0 bridgehead atoms. The second-order valence-corrected chi connectivity index (χ2v) is 8.17. The molecule has 0 aliphatic heterocycles. The number of nitrogens with one attached hydrogen (secondary N) is 1. The molecular weight excluding hydrogens is 408 g/mol. The van der Waals surface area contributed by atoms with Crippen molar-refractivity contribution in [2.24, 2.45) is 0 Å². The number of hydrogen-bond acceptors (Lipinski definition) is 4. The Morgan fingerprint density at radius 2 is 1.77 bits per heavy atom. The van der Waals surface area contributed by atoms with Crippen LogP contribution in [0, 0.1) is 0 Å². The minimum absolute atomic E-state index is 0.109. The van der Waals surface area contributed by atoms with E-state index >= 15 is 0 Å². The summed E-state index contributed by atoms with van der Waals surface area (Å²) in [5.74, 6) is 0.529. The van der Waals surface area contributed by atoms with Crippen LogP contribution in [0.15, 0.2) is 78.2 Å². The fourth-order valence-electron chi connectivity index (χ4n) is 3.40. The zero-order chi connectivity index (χ0) is 21.8. The number of benzene rings is 3. The van der Waals surface area contributed by atoms with Gasteiger partial charge in [0.1, 0.15) is 5.75 Å². The number of methoxy groups -OCH3 is 1. The lowest BCUT2D eigenvalue weighted by molar-refractivity contribution is 0.0785. The molecule has 4 rings (SSSR count). The monoisotopic (exact) mass is 430 g/mol. The topological polar surface area (TPSA) is 58.6 Å². The zero-order valence-electron chi connectivity index (χ0n) is 17.3. The van der Waals surface area contributed by atoms with E-state index in [1.165, 1.54) is 11.3 Å². The van der Waals surface area contributed by atoms with Gasteiger partial charge in [0.2, 0.25) is 0 Å². The summed E-state index contributed by atoms with van der Waals surface area (Å²) in [4.78, 5) is 27.5. The van der Waals surface area contributed by atoms with Gasteiger partial charge in [0.25, 0.3) is 11.8 Å². The highest BCUT2D eigenvalue weighted by atomic mass is 32.1. The normalized spacial score (nSPS) is 10.6. The second kappa shape index (κ2) is 9.02. The minimum Gasteiger partial charge on any atom is -0.497 e. The van der Waals surface area contributed by atoms with Crippen LogP contribution in [0.1, 0.15) is 25.6 Å². The van der Waals surface area contributed by atoms with Gasteiger partial charge in [-0.1, -0.05) is 30.3 Å². The van der Waals surface area contributed by atoms with Gasteiger partial charge in [0, 0.05) is 24.8 Å². The number of thiophene rings is 1. The van der Waals surface area contributed by atoms with Gasteiger partial charge in [0.05, 0.1) is 12.0 Å². The van der Waals surface area contributed by atoms with E-state index < -0.39 is 0 Å². The van der Waals surface area contributed by atoms with Gasteiger partial charge in [-0.05, 0) is 64.2 Å². The summed E-state index contributed by atoms with van der Waals surface area (Å²) in [6.45, 7) is 0.479. The Balaban J connectivity index is 1.46. The molecule has 0 unspecified atom stereocenters. The SMILES string of the molecule is COc1ccc2cc(CN(C)C(=O)c3cccc(NC(=O)c4cccs4)c3)ccc2c1. The van der Waals surface area contributed by atoms with Crippen LogP contribution in [0.25, 0.3) is 10.8 Å². The number of ether oxygens (including phenoxy) is 1. The van der Waals surface area contributed by atoms with Crippen molar-refractivity contribution in [2.75, 3.05) is 19.5 Å². The lowest BCUT2D eigenvalue weighted by Crippen LogP contribution is -2.26. The Kier molecular flexibility index (Phi) is 6.00. The van der Waals surface area contributed by atoms with Gasteiger partial charge < -0.3 is 15.0 Å². The molecular formula is C25H22N2O3S. The summed E-state index contributed by atoms with van der Waals surface area (Å²) in [7, 11) is 3.43. The molecule has 1 heterocycles. The van der Waals surface area contributed by atoms with Gasteiger partial charge in [-0.2, -0.15) is 0 Å². The molecule has 0 spiro atoms. The summed E-state index contributed by atoms with van der Waals surface area (Å²) in [6.07, 6.45) is 0. The predicted molar refractivity (Wildman–Crippen MR) is 125 cm³/mol. The molecule has 0 aliphatic rings. The van der Waals surface area contributed by atoms with Gasteiger partial charge in [-0.3, -0.25) is 9.59 Å². The second-order valence-electron chi connectivity index (χ2n) is 7.22. The van der Waals surface area contributed by atoms with E-state index in [4.69, 9.17) is 4.74 Å². The number of rotatable bonds is 6. The average molecular weight is 431 g/mol. The van der Waals surface area contributed by atoms with E-state index in [1.54, 1.807) is 49.4 Å². The lowest BCUT2D eigenvalue weighted by Gasteiger charge is -2.18. The third-order valence-electron chi connectivity index (χ3n) is 4.99. The molecule has 4 aromatic rings. The van der Waals surface area contributed by atoms with Crippen molar-refractivity contribution in [2.45, 2.75) is 6.54 Å². The standard InChI is InChI=1S/C25H22N2O3S/c1-27(16-17-8-9-19-15-22(30-2)11-10-18(19)13-17)25(29)20-5-3-6-21(14-20)26-24(28)23-7-4-12-31-23/h3-15H,16H2,1-2H3,(H,26,28). The molecule has 5 nitrogen and oxygen atoms in total. The summed E-state index contributed by atoms with van der Waals surface area (Å²) in [5.41, 5.74) is 2.16. The number of nitrogens with zero attached hydrogens (tertiary/aromatic N) is 1. The molecule has 1 N–H and O–H groups in total. The van der Waals surface area contributed by atoms with Crippen molar-refractivity contribution in [1.82, 2.24) is 4.90 Å². The highest BCUT2D eigenvalue weighted by Crippen LogP contribution is 2.23. The maximum Gasteiger partial charge on any atom is 0.265 e. The zero-order valence-corrected chi connectivity index (χ0v) is 18.1. The Bertz CT molecular complexity index is 1230. The van der Waals surface area contributed by atoms with Crippen molar-refractivity contribution in [3.8, 4) is 5.75 Å². The van der Waals surface area contributed by atoms with E-state index in [9.17, 15) is 9.59 Å². The van der Waals surface area contributed by atoms with Crippen LogP contribution in [0.2, 0.25) is 0 Å². The maximum absolute atomic E-state index is 13.0. The van der Waals surface area contributed by atoms with Crippen LogP contribution >= 0.6 is 11.3 Å². The number of carbonyl (C=O) groups excluding carboxylic acids is 2. The van der Waals surface area contributed by atoms with Crippen molar-refractivity contribution in [3.05, 3.63) is 94.2 Å². The smallest absolute Gasteiger partial charge is 0.265 e. The minimum atomic E-state index is -0.180. The Morgan fingerprint density at radius 3 is 2.55 bits per heavy atom. The number of carbonyl (C=O) groups is 2. The predicted octanol–water partition coefficient (Wildman–Crippen LogP) is 5.43. The molecule has 0 radical (unpaired) electrons. The Labute approximate surface area is 184 Å². The summed E-state index contributed by atoms with van der Waals surface area (Å²) in [5, 5.41) is 6.89. The van der Waals surface area contributed by atoms with Gasteiger partial charge in [-0.15, -0.1) is 11.3 Å². The molecule has 2 amide bonds. The van der Waals surface area contributed by atoms with E-state index in [2.05, 4.69) is 11.4 Å². The number of hydrogen-bond donors (Lipinski definition) is 1. The first kappa shape index (κ1) is 20.6. The van der Waals surface area contributed by atoms with Crippen LogP contribution in [0.5, 0.6) is 5.75 Å². The number of fused-ring (bicyclic) bond motifs is 1. The first-order chi connectivity index (χ1) is 15.0. The van der Waals surface area contributed by atoms with E-state index in [-0.39, 0.29) is 11.8 Å². The molecule has 1 aromatic heterocycles. The van der Waals surface area contributed by atoms with E-state index in [0.29, 0.717) is 22.7 Å². The highest BCUT2D eigenvalue weighted by molar-refractivity contribution is 7.12. The molecule has 0 fully saturated rings. The molecule has 0 atom stereocenters. The molecule has 0 saturated heterocycles. The molecule has 0 saturated carbocycles. The van der Waals surface area contributed by atoms with Crippen molar-refractivity contribution in [3.63, 3.8) is 0 Å². The quantitative estimate of drug-likeness (QED) is 0.443. The van der Waals surface area contributed by atoms with Gasteiger partial charge in [0.15, 0.2) is 0 Å². The molecule has 3 aromatic carbocycles. The fraction of sp³-hybridized carbons (Fsp3) is 0.120. The van der Waals surface area contributed by atoms with Crippen molar-refractivity contribution in [1.29, 1.82) is 0 Å². The molecule has 31 heavy (non-hydrogen) atoms. The molecule has 6 heteroatoms. The molecule has 0 aliphatic carbocycles. The fourth-order valence-corrected chi connectivity index (χ4v) is 4.01. The van der Waals surface area contributed by atoms with Crippen LogP contribution in [0.3, 0.4) is 0 Å². The highest BCUT2D eigenvalue weighted by Gasteiger charge is 2.14.